The van der Waals surface area contributed by atoms with Crippen molar-refractivity contribution in [3.8, 4) is 5.75 Å². The van der Waals surface area contributed by atoms with Crippen LogP contribution >= 0.6 is 11.3 Å². The van der Waals surface area contributed by atoms with Crippen molar-refractivity contribution >= 4 is 22.9 Å². The molecule has 2 aromatic carbocycles. The lowest BCUT2D eigenvalue weighted by Gasteiger charge is -2.37. The van der Waals surface area contributed by atoms with E-state index in [9.17, 15) is 4.79 Å². The predicted molar refractivity (Wildman–Crippen MR) is 110 cm³/mol. The van der Waals surface area contributed by atoms with Crippen LogP contribution in [0, 0.1) is 6.92 Å². The van der Waals surface area contributed by atoms with Crippen LogP contribution in [0.2, 0.25) is 0 Å². The summed E-state index contributed by atoms with van der Waals surface area (Å²) in [5.41, 5.74) is 2.82. The first kappa shape index (κ1) is 17.6. The number of fused-ring (bicyclic) bond motifs is 1. The third-order valence-electron chi connectivity index (χ3n) is 4.85. The molecule has 1 atom stereocenters. The number of methoxy groups -OCH3 is 1. The lowest BCUT2D eigenvalue weighted by atomic mass is 10.1. The molecule has 3 aromatic rings. The number of carbonyl (C=O) groups excluding carboxylic acids is 1. The van der Waals surface area contributed by atoms with Crippen molar-refractivity contribution in [3.63, 3.8) is 0 Å². The monoisotopic (exact) mass is 378 g/mol. The summed E-state index contributed by atoms with van der Waals surface area (Å²) >= 11 is 1.73. The van der Waals surface area contributed by atoms with Crippen LogP contribution < -0.4 is 10.1 Å². The number of nitrogens with one attached hydrogen (secondary N) is 1. The molecule has 2 heterocycles. The molecular weight excluding hydrogens is 356 g/mol. The number of aryl methyl sites for hydroxylation is 1. The summed E-state index contributed by atoms with van der Waals surface area (Å²) in [6.45, 7) is 2.74. The Hall–Kier alpha value is -2.79. The van der Waals surface area contributed by atoms with E-state index in [2.05, 4.69) is 36.5 Å². The van der Waals surface area contributed by atoms with E-state index in [0.717, 1.165) is 28.3 Å². The fourth-order valence-corrected chi connectivity index (χ4v) is 4.33. The maximum absolute atomic E-state index is 13.2. The van der Waals surface area contributed by atoms with Gasteiger partial charge in [-0.3, -0.25) is 4.79 Å². The van der Waals surface area contributed by atoms with E-state index in [1.165, 1.54) is 10.4 Å². The number of ether oxygens (including phenoxy) is 1. The summed E-state index contributed by atoms with van der Waals surface area (Å²) in [6, 6.07) is 20.0. The van der Waals surface area contributed by atoms with Gasteiger partial charge in [0.15, 0.2) is 0 Å². The van der Waals surface area contributed by atoms with Crippen molar-refractivity contribution in [2.45, 2.75) is 19.5 Å². The molecule has 0 spiro atoms. The molecule has 0 aliphatic carbocycles. The van der Waals surface area contributed by atoms with Gasteiger partial charge in [-0.25, -0.2) is 0 Å². The van der Waals surface area contributed by atoms with Gasteiger partial charge in [-0.05, 0) is 55.3 Å². The van der Waals surface area contributed by atoms with Crippen molar-refractivity contribution in [2.75, 3.05) is 19.0 Å². The third-order valence-corrected chi connectivity index (χ3v) is 5.91. The van der Waals surface area contributed by atoms with Crippen molar-refractivity contribution in [2.24, 2.45) is 0 Å². The van der Waals surface area contributed by atoms with Gasteiger partial charge in [0, 0.05) is 22.0 Å². The zero-order chi connectivity index (χ0) is 18.8. The molecule has 0 fully saturated rings. The average molecular weight is 378 g/mol. The summed E-state index contributed by atoms with van der Waals surface area (Å²) in [4.78, 5) is 17.5. The van der Waals surface area contributed by atoms with Gasteiger partial charge >= 0.3 is 0 Å². The van der Waals surface area contributed by atoms with Gasteiger partial charge in [-0.2, -0.15) is 0 Å². The van der Waals surface area contributed by atoms with Gasteiger partial charge in [-0.15, -0.1) is 11.3 Å². The lowest BCUT2D eigenvalue weighted by Crippen LogP contribution is -2.43. The number of anilines is 1. The molecule has 0 radical (unpaired) electrons. The Morgan fingerprint density at radius 2 is 1.85 bits per heavy atom. The second-order valence-corrected chi connectivity index (χ2v) is 7.96. The predicted octanol–water partition coefficient (Wildman–Crippen LogP) is 4.87. The fourth-order valence-electron chi connectivity index (χ4n) is 3.39. The third kappa shape index (κ3) is 3.55. The number of hydrogen-bond acceptors (Lipinski definition) is 4. The van der Waals surface area contributed by atoms with Gasteiger partial charge in [0.05, 0.1) is 12.7 Å². The van der Waals surface area contributed by atoms with Crippen LogP contribution in [0.25, 0.3) is 0 Å². The van der Waals surface area contributed by atoms with Crippen molar-refractivity contribution in [3.05, 3.63) is 81.5 Å². The number of thiophene rings is 1. The molecule has 1 N–H and O–H groups in total. The minimum absolute atomic E-state index is 0.0777. The Balaban J connectivity index is 1.61. The first-order valence-corrected chi connectivity index (χ1v) is 9.83. The largest absolute Gasteiger partial charge is 0.497 e. The SMILES string of the molecule is COc1ccc(CCN2C(=O)c3ccccc3NC2c2ccc(C)s2)cc1. The second-order valence-electron chi connectivity index (χ2n) is 6.64. The Kier molecular flexibility index (Phi) is 4.86. The van der Waals surface area contributed by atoms with E-state index in [1.54, 1.807) is 18.4 Å². The number of carbonyl (C=O) groups is 1. The van der Waals surface area contributed by atoms with Gasteiger partial charge in [0.25, 0.3) is 5.91 Å². The number of hydrogen-bond donors (Lipinski definition) is 1. The average Bonchev–Trinajstić information content (AvgIpc) is 3.14. The maximum Gasteiger partial charge on any atom is 0.257 e. The molecule has 1 unspecified atom stereocenters. The first-order chi connectivity index (χ1) is 13.2. The minimum atomic E-state index is -0.135. The molecule has 27 heavy (non-hydrogen) atoms. The van der Waals surface area contributed by atoms with Gasteiger partial charge in [-0.1, -0.05) is 24.3 Å². The molecule has 0 bridgehead atoms. The fraction of sp³-hybridized carbons (Fsp3) is 0.227. The van der Waals surface area contributed by atoms with Crippen LogP contribution in [0.15, 0.2) is 60.7 Å². The highest BCUT2D eigenvalue weighted by molar-refractivity contribution is 7.12. The minimum Gasteiger partial charge on any atom is -0.497 e. The zero-order valence-electron chi connectivity index (χ0n) is 15.4. The van der Waals surface area contributed by atoms with Crippen LogP contribution in [0.1, 0.15) is 31.8 Å². The van der Waals surface area contributed by atoms with E-state index in [0.29, 0.717) is 6.54 Å². The highest BCUT2D eigenvalue weighted by atomic mass is 32.1. The molecule has 1 aliphatic rings. The van der Waals surface area contributed by atoms with Crippen molar-refractivity contribution in [1.29, 1.82) is 0 Å². The highest BCUT2D eigenvalue weighted by Crippen LogP contribution is 2.35. The van der Waals surface area contributed by atoms with Gasteiger partial charge < -0.3 is 15.0 Å². The maximum atomic E-state index is 13.2. The van der Waals surface area contributed by atoms with E-state index in [4.69, 9.17) is 4.74 Å². The van der Waals surface area contributed by atoms with Crippen molar-refractivity contribution in [1.82, 2.24) is 4.90 Å². The van der Waals surface area contributed by atoms with Crippen LogP contribution in [0.3, 0.4) is 0 Å². The standard InChI is InChI=1S/C22H22N2O2S/c1-15-7-12-20(27-15)21-23-19-6-4-3-5-18(19)22(25)24(21)14-13-16-8-10-17(26-2)11-9-16/h3-12,21,23H,13-14H2,1-2H3. The second kappa shape index (κ2) is 7.45. The molecule has 1 amide bonds. The highest BCUT2D eigenvalue weighted by Gasteiger charge is 2.33. The number of nitrogens with zero attached hydrogens (tertiary/aromatic N) is 1. The Morgan fingerprint density at radius 3 is 2.56 bits per heavy atom. The molecular formula is C22H22N2O2S. The Labute approximate surface area is 163 Å². The summed E-state index contributed by atoms with van der Waals surface area (Å²) in [5.74, 6) is 0.921. The quantitative estimate of drug-likeness (QED) is 0.688. The molecule has 4 rings (SSSR count). The van der Waals surface area contributed by atoms with Crippen LogP contribution in [-0.2, 0) is 6.42 Å². The number of amides is 1. The summed E-state index contributed by atoms with van der Waals surface area (Å²) in [7, 11) is 1.66. The topological polar surface area (TPSA) is 41.6 Å². The van der Waals surface area contributed by atoms with E-state index < -0.39 is 0 Å². The van der Waals surface area contributed by atoms with Crippen LogP contribution in [0.5, 0.6) is 5.75 Å². The van der Waals surface area contributed by atoms with Gasteiger partial charge in [0.2, 0.25) is 0 Å². The molecule has 0 saturated carbocycles. The molecule has 4 nitrogen and oxygen atoms in total. The molecule has 0 saturated heterocycles. The summed E-state index contributed by atoms with van der Waals surface area (Å²) < 4.78 is 5.22. The van der Waals surface area contributed by atoms with Crippen LogP contribution in [-0.4, -0.2) is 24.5 Å². The van der Waals surface area contributed by atoms with Gasteiger partial charge in [0.1, 0.15) is 11.9 Å². The van der Waals surface area contributed by atoms with Crippen molar-refractivity contribution < 1.29 is 9.53 Å². The van der Waals surface area contributed by atoms with E-state index in [-0.39, 0.29) is 12.1 Å². The number of rotatable bonds is 5. The first-order valence-electron chi connectivity index (χ1n) is 9.01. The molecule has 1 aliphatic heterocycles. The van der Waals surface area contributed by atoms with E-state index in [1.807, 2.05) is 41.3 Å². The Morgan fingerprint density at radius 1 is 1.07 bits per heavy atom. The summed E-state index contributed by atoms with van der Waals surface area (Å²) in [5, 5.41) is 3.56. The number of para-hydroxylation sites is 1. The normalized spacial score (nSPS) is 16.0. The molecule has 5 heteroatoms. The smallest absolute Gasteiger partial charge is 0.257 e. The number of benzene rings is 2. The summed E-state index contributed by atoms with van der Waals surface area (Å²) in [6.07, 6.45) is 0.657. The molecule has 138 valence electrons. The van der Waals surface area contributed by atoms with Crippen LogP contribution in [0.4, 0.5) is 5.69 Å². The molecule has 1 aromatic heterocycles. The Bertz CT molecular complexity index is 949. The zero-order valence-corrected chi connectivity index (χ0v) is 16.3. The lowest BCUT2D eigenvalue weighted by molar-refractivity contribution is 0.0688. The van der Waals surface area contributed by atoms with E-state index >= 15 is 0 Å².